The number of hydrogen-bond donors (Lipinski definition) is 0. The van der Waals surface area contributed by atoms with Crippen LogP contribution in [0, 0.1) is 0 Å². The molecule has 2 aromatic heterocycles. The van der Waals surface area contributed by atoms with Gasteiger partial charge in [0, 0.05) is 38.9 Å². The molecule has 31 heavy (non-hydrogen) atoms. The summed E-state index contributed by atoms with van der Waals surface area (Å²) < 4.78 is 8.70. The van der Waals surface area contributed by atoms with Crippen LogP contribution in [0.2, 0.25) is 0 Å². The maximum atomic E-state index is 12.7. The van der Waals surface area contributed by atoms with Gasteiger partial charge in [0.1, 0.15) is 6.10 Å². The Morgan fingerprint density at radius 2 is 1.81 bits per heavy atom. The molecule has 5 rings (SSSR count). The number of likely N-dealkylation sites (tertiary alicyclic amines) is 1. The zero-order chi connectivity index (χ0) is 21.2. The first-order chi connectivity index (χ1) is 15.2. The molecule has 1 fully saturated rings. The van der Waals surface area contributed by atoms with Gasteiger partial charge in [0.15, 0.2) is 0 Å². The SMILES string of the molecule is O=C(CCn1cnc2ccccc2c1=O)N1CCC(Oc2nc3ccccc3s2)CC1. The maximum Gasteiger partial charge on any atom is 0.274 e. The maximum absolute atomic E-state index is 12.7. The first-order valence-corrected chi connectivity index (χ1v) is 11.2. The van der Waals surface area contributed by atoms with Crippen LogP contribution < -0.4 is 10.3 Å². The van der Waals surface area contributed by atoms with Crippen LogP contribution in [0.25, 0.3) is 21.1 Å². The van der Waals surface area contributed by atoms with Gasteiger partial charge in [-0.3, -0.25) is 14.2 Å². The van der Waals surface area contributed by atoms with Gasteiger partial charge in [0.25, 0.3) is 10.8 Å². The number of carbonyl (C=O) groups is 1. The summed E-state index contributed by atoms with van der Waals surface area (Å²) >= 11 is 1.55. The van der Waals surface area contributed by atoms with Gasteiger partial charge in [0.2, 0.25) is 5.91 Å². The van der Waals surface area contributed by atoms with Crippen molar-refractivity contribution in [1.29, 1.82) is 0 Å². The number of aryl methyl sites for hydroxylation is 1. The largest absolute Gasteiger partial charge is 0.467 e. The van der Waals surface area contributed by atoms with Crippen molar-refractivity contribution in [3.05, 3.63) is 65.2 Å². The highest BCUT2D eigenvalue weighted by Crippen LogP contribution is 2.29. The number of benzene rings is 2. The molecule has 0 unspecified atom stereocenters. The number of hydrogen-bond acceptors (Lipinski definition) is 6. The van der Waals surface area contributed by atoms with Crippen LogP contribution in [0.5, 0.6) is 5.19 Å². The molecular formula is C23H22N4O3S. The number of amides is 1. The fourth-order valence-corrected chi connectivity index (χ4v) is 4.79. The number of para-hydroxylation sites is 2. The van der Waals surface area contributed by atoms with Crippen molar-refractivity contribution in [2.24, 2.45) is 0 Å². The molecular weight excluding hydrogens is 412 g/mol. The van der Waals surface area contributed by atoms with Gasteiger partial charge in [-0.2, -0.15) is 0 Å². The summed E-state index contributed by atoms with van der Waals surface area (Å²) in [6, 6.07) is 15.2. The topological polar surface area (TPSA) is 77.3 Å². The lowest BCUT2D eigenvalue weighted by atomic mass is 10.1. The van der Waals surface area contributed by atoms with Crippen molar-refractivity contribution in [2.75, 3.05) is 13.1 Å². The number of ether oxygens (including phenoxy) is 1. The van der Waals surface area contributed by atoms with E-state index in [1.54, 1.807) is 17.4 Å². The van der Waals surface area contributed by atoms with Gasteiger partial charge in [-0.1, -0.05) is 35.6 Å². The number of rotatable bonds is 5. The molecule has 158 valence electrons. The fourth-order valence-electron chi connectivity index (χ4n) is 3.91. The summed E-state index contributed by atoms with van der Waals surface area (Å²) in [6.07, 6.45) is 3.43. The van der Waals surface area contributed by atoms with Crippen LogP contribution in [0.4, 0.5) is 0 Å². The molecule has 7 nitrogen and oxygen atoms in total. The number of carbonyl (C=O) groups excluding carboxylic acids is 1. The van der Waals surface area contributed by atoms with Crippen molar-refractivity contribution in [1.82, 2.24) is 19.4 Å². The molecule has 1 amide bonds. The second-order valence-electron chi connectivity index (χ2n) is 7.66. The van der Waals surface area contributed by atoms with E-state index in [1.807, 2.05) is 47.4 Å². The minimum Gasteiger partial charge on any atom is -0.467 e. The molecule has 1 aliphatic rings. The number of aromatic nitrogens is 3. The van der Waals surface area contributed by atoms with E-state index >= 15 is 0 Å². The molecule has 0 radical (unpaired) electrons. The van der Waals surface area contributed by atoms with Gasteiger partial charge in [-0.15, -0.1) is 0 Å². The summed E-state index contributed by atoms with van der Waals surface area (Å²) in [5.41, 5.74) is 1.51. The van der Waals surface area contributed by atoms with Crippen molar-refractivity contribution in [3.8, 4) is 5.19 Å². The van der Waals surface area contributed by atoms with E-state index in [0.29, 0.717) is 35.7 Å². The third-order valence-corrected chi connectivity index (χ3v) is 6.56. The van der Waals surface area contributed by atoms with Crippen LogP contribution in [-0.2, 0) is 11.3 Å². The smallest absolute Gasteiger partial charge is 0.274 e. The minimum atomic E-state index is -0.110. The highest BCUT2D eigenvalue weighted by molar-refractivity contribution is 7.20. The summed E-state index contributed by atoms with van der Waals surface area (Å²) in [4.78, 5) is 35.9. The lowest BCUT2D eigenvalue weighted by Gasteiger charge is -2.31. The molecule has 4 aromatic rings. The van der Waals surface area contributed by atoms with Gasteiger partial charge in [0.05, 0.1) is 27.4 Å². The Kier molecular flexibility index (Phi) is 5.38. The van der Waals surface area contributed by atoms with Gasteiger partial charge >= 0.3 is 0 Å². The predicted octanol–water partition coefficient (Wildman–Crippen LogP) is 3.47. The monoisotopic (exact) mass is 434 g/mol. The van der Waals surface area contributed by atoms with Gasteiger partial charge < -0.3 is 9.64 Å². The minimum absolute atomic E-state index is 0.0542. The van der Waals surface area contributed by atoms with Crippen LogP contribution in [0.15, 0.2) is 59.7 Å². The molecule has 8 heteroatoms. The van der Waals surface area contributed by atoms with E-state index in [0.717, 1.165) is 23.1 Å². The standard InChI is InChI=1S/C23H22N4O3S/c28-21(11-14-27-15-24-18-6-2-1-5-17(18)22(27)29)26-12-9-16(10-13-26)30-23-25-19-7-3-4-8-20(19)31-23/h1-8,15-16H,9-14H2. The average Bonchev–Trinajstić information content (AvgIpc) is 3.21. The average molecular weight is 435 g/mol. The van der Waals surface area contributed by atoms with E-state index in [2.05, 4.69) is 9.97 Å². The zero-order valence-electron chi connectivity index (χ0n) is 16.9. The van der Waals surface area contributed by atoms with Crippen molar-refractivity contribution < 1.29 is 9.53 Å². The molecule has 3 heterocycles. The van der Waals surface area contributed by atoms with Gasteiger partial charge in [-0.25, -0.2) is 9.97 Å². The summed E-state index contributed by atoms with van der Waals surface area (Å²) in [5.74, 6) is 0.0542. The molecule has 0 bridgehead atoms. The number of nitrogens with zero attached hydrogens (tertiary/aromatic N) is 4. The number of fused-ring (bicyclic) bond motifs is 2. The third kappa shape index (κ3) is 4.16. The third-order valence-electron chi connectivity index (χ3n) is 5.63. The fraction of sp³-hybridized carbons (Fsp3) is 0.304. The second-order valence-corrected chi connectivity index (χ2v) is 8.65. The van der Waals surface area contributed by atoms with Crippen molar-refractivity contribution in [3.63, 3.8) is 0 Å². The highest BCUT2D eigenvalue weighted by Gasteiger charge is 2.24. The van der Waals surface area contributed by atoms with Crippen LogP contribution in [0.3, 0.4) is 0 Å². The van der Waals surface area contributed by atoms with E-state index in [4.69, 9.17) is 4.74 Å². The second kappa shape index (κ2) is 8.47. The van der Waals surface area contributed by atoms with E-state index in [1.165, 1.54) is 10.9 Å². The van der Waals surface area contributed by atoms with Crippen LogP contribution in [0.1, 0.15) is 19.3 Å². The molecule has 1 aliphatic heterocycles. The Morgan fingerprint density at radius 1 is 1.06 bits per heavy atom. The zero-order valence-corrected chi connectivity index (χ0v) is 17.8. The molecule has 0 atom stereocenters. The first kappa shape index (κ1) is 19.7. The molecule has 1 saturated heterocycles. The Labute approximate surface area is 182 Å². The van der Waals surface area contributed by atoms with E-state index in [9.17, 15) is 9.59 Å². The Morgan fingerprint density at radius 3 is 2.61 bits per heavy atom. The number of thiazole rings is 1. The lowest BCUT2D eigenvalue weighted by molar-refractivity contribution is -0.133. The summed E-state index contributed by atoms with van der Waals surface area (Å²) in [6.45, 7) is 1.64. The molecule has 0 saturated carbocycles. The van der Waals surface area contributed by atoms with Crippen LogP contribution >= 0.6 is 11.3 Å². The molecule has 0 spiro atoms. The first-order valence-electron chi connectivity index (χ1n) is 10.4. The Bertz CT molecular complexity index is 1260. The van der Waals surface area contributed by atoms with E-state index in [-0.39, 0.29) is 24.0 Å². The van der Waals surface area contributed by atoms with Crippen molar-refractivity contribution in [2.45, 2.75) is 31.9 Å². The lowest BCUT2D eigenvalue weighted by Crippen LogP contribution is -2.42. The summed E-state index contributed by atoms with van der Waals surface area (Å²) in [7, 11) is 0. The van der Waals surface area contributed by atoms with Gasteiger partial charge in [-0.05, 0) is 24.3 Å². The quantitative estimate of drug-likeness (QED) is 0.481. The molecule has 0 aliphatic carbocycles. The normalized spacial score (nSPS) is 14.9. The molecule has 0 N–H and O–H groups in total. The van der Waals surface area contributed by atoms with E-state index < -0.39 is 0 Å². The van der Waals surface area contributed by atoms with Crippen molar-refractivity contribution >= 4 is 38.4 Å². The predicted molar refractivity (Wildman–Crippen MR) is 120 cm³/mol. The number of piperidine rings is 1. The summed E-state index contributed by atoms with van der Waals surface area (Å²) in [5, 5.41) is 1.26. The highest BCUT2D eigenvalue weighted by atomic mass is 32.1. The Hall–Kier alpha value is -3.26. The molecule has 2 aromatic carbocycles. The Balaban J connectivity index is 1.15. The van der Waals surface area contributed by atoms with Crippen LogP contribution in [-0.4, -0.2) is 44.5 Å².